The average Bonchev–Trinajstić information content (AvgIpc) is 3.17. The number of benzene rings is 3. The molecule has 7 heteroatoms. The zero-order chi connectivity index (χ0) is 22.2. The molecule has 1 aromatic heterocycles. The van der Waals surface area contributed by atoms with Gasteiger partial charge in [0.1, 0.15) is 11.6 Å². The van der Waals surface area contributed by atoms with Gasteiger partial charge in [-0.05, 0) is 60.0 Å². The zero-order valence-corrected chi connectivity index (χ0v) is 18.1. The SMILES string of the molecule is COc1ccccc1NC(=O)N1CCc2c([nH]c3ccc(Cl)cc23)[C@H]1c1ccc(F)cc1. The van der Waals surface area contributed by atoms with Crippen LogP contribution in [0, 0.1) is 5.82 Å². The maximum absolute atomic E-state index is 13.7. The van der Waals surface area contributed by atoms with Crippen LogP contribution in [0.15, 0.2) is 66.7 Å². The van der Waals surface area contributed by atoms with Gasteiger partial charge in [-0.1, -0.05) is 35.9 Å². The number of nitrogens with zero attached hydrogens (tertiary/aromatic N) is 1. The largest absolute Gasteiger partial charge is 0.495 e. The third-order valence-corrected chi connectivity index (χ3v) is 6.12. The summed E-state index contributed by atoms with van der Waals surface area (Å²) < 4.78 is 19.0. The summed E-state index contributed by atoms with van der Waals surface area (Å²) in [5.41, 5.74) is 4.40. The molecular formula is C25H21ClFN3O2. The second-order valence-corrected chi connectivity index (χ2v) is 8.17. The molecule has 162 valence electrons. The Bertz CT molecular complexity index is 1300. The Morgan fingerprint density at radius 2 is 1.94 bits per heavy atom. The number of rotatable bonds is 3. The fourth-order valence-corrected chi connectivity index (χ4v) is 4.58. The van der Waals surface area contributed by atoms with Crippen LogP contribution >= 0.6 is 11.6 Å². The highest BCUT2D eigenvalue weighted by atomic mass is 35.5. The summed E-state index contributed by atoms with van der Waals surface area (Å²) in [5, 5.41) is 4.68. The van der Waals surface area contributed by atoms with E-state index in [2.05, 4.69) is 10.3 Å². The fraction of sp³-hybridized carbons (Fsp3) is 0.160. The Hall–Kier alpha value is -3.51. The first-order valence-electron chi connectivity index (χ1n) is 10.3. The molecule has 0 bridgehead atoms. The normalized spacial score (nSPS) is 15.5. The van der Waals surface area contributed by atoms with Crippen LogP contribution in [0.25, 0.3) is 10.9 Å². The van der Waals surface area contributed by atoms with Gasteiger partial charge in [0.05, 0.1) is 18.8 Å². The lowest BCUT2D eigenvalue weighted by Gasteiger charge is -2.36. The van der Waals surface area contributed by atoms with Gasteiger partial charge in [-0.25, -0.2) is 9.18 Å². The van der Waals surface area contributed by atoms with E-state index in [-0.39, 0.29) is 11.8 Å². The number of halogens is 2. The van der Waals surface area contributed by atoms with Gasteiger partial charge in [-0.3, -0.25) is 0 Å². The molecule has 0 saturated carbocycles. The summed E-state index contributed by atoms with van der Waals surface area (Å²) in [7, 11) is 1.56. The van der Waals surface area contributed by atoms with Gasteiger partial charge in [0.25, 0.3) is 0 Å². The smallest absolute Gasteiger partial charge is 0.322 e. The van der Waals surface area contributed by atoms with Crippen LogP contribution in [0.3, 0.4) is 0 Å². The quantitative estimate of drug-likeness (QED) is 0.394. The predicted molar refractivity (Wildman–Crippen MR) is 124 cm³/mol. The maximum Gasteiger partial charge on any atom is 0.322 e. The molecule has 0 radical (unpaired) electrons. The molecule has 2 N–H and O–H groups in total. The third kappa shape index (κ3) is 3.56. The number of hydrogen-bond donors (Lipinski definition) is 2. The number of ether oxygens (including phenoxy) is 1. The molecule has 0 aliphatic carbocycles. The van der Waals surface area contributed by atoms with E-state index in [1.807, 2.05) is 30.3 Å². The van der Waals surface area contributed by atoms with Crippen molar-refractivity contribution in [2.75, 3.05) is 19.0 Å². The van der Waals surface area contributed by atoms with E-state index in [1.54, 1.807) is 36.3 Å². The van der Waals surface area contributed by atoms with Crippen molar-refractivity contribution in [3.63, 3.8) is 0 Å². The van der Waals surface area contributed by atoms with Crippen LogP contribution in [-0.4, -0.2) is 29.6 Å². The molecule has 32 heavy (non-hydrogen) atoms. The lowest BCUT2D eigenvalue weighted by molar-refractivity contribution is 0.193. The van der Waals surface area contributed by atoms with Crippen LogP contribution in [0.5, 0.6) is 5.75 Å². The molecule has 0 fully saturated rings. The summed E-state index contributed by atoms with van der Waals surface area (Å²) in [6.07, 6.45) is 0.673. The van der Waals surface area contributed by atoms with Crippen molar-refractivity contribution in [1.29, 1.82) is 0 Å². The Labute approximate surface area is 189 Å². The first-order valence-corrected chi connectivity index (χ1v) is 10.7. The van der Waals surface area contributed by atoms with Crippen LogP contribution in [0.4, 0.5) is 14.9 Å². The van der Waals surface area contributed by atoms with Gasteiger partial charge >= 0.3 is 6.03 Å². The molecule has 5 nitrogen and oxygen atoms in total. The number of aromatic nitrogens is 1. The van der Waals surface area contributed by atoms with Gasteiger partial charge in [-0.2, -0.15) is 0 Å². The van der Waals surface area contributed by atoms with Gasteiger partial charge in [0.2, 0.25) is 0 Å². The second kappa shape index (κ2) is 8.20. The molecule has 1 aliphatic rings. The number of para-hydroxylation sites is 2. The Kier molecular flexibility index (Phi) is 5.23. The molecule has 4 aromatic rings. The molecule has 0 saturated heterocycles. The number of methoxy groups -OCH3 is 1. The number of carbonyl (C=O) groups excluding carboxylic acids is 1. The van der Waals surface area contributed by atoms with Gasteiger partial charge in [0.15, 0.2) is 0 Å². The first-order chi connectivity index (χ1) is 15.5. The highest BCUT2D eigenvalue weighted by Gasteiger charge is 2.35. The van der Waals surface area contributed by atoms with Crippen molar-refractivity contribution < 1.29 is 13.9 Å². The molecule has 2 amide bonds. The van der Waals surface area contributed by atoms with E-state index >= 15 is 0 Å². The van der Waals surface area contributed by atoms with Gasteiger partial charge in [-0.15, -0.1) is 0 Å². The molecule has 1 aliphatic heterocycles. The molecular weight excluding hydrogens is 429 g/mol. The second-order valence-electron chi connectivity index (χ2n) is 7.74. The number of nitrogens with one attached hydrogen (secondary N) is 2. The van der Waals surface area contributed by atoms with E-state index in [0.29, 0.717) is 29.4 Å². The number of urea groups is 1. The monoisotopic (exact) mass is 449 g/mol. The number of aromatic amines is 1. The lowest BCUT2D eigenvalue weighted by atomic mass is 9.92. The summed E-state index contributed by atoms with van der Waals surface area (Å²) >= 11 is 6.24. The van der Waals surface area contributed by atoms with E-state index in [9.17, 15) is 9.18 Å². The third-order valence-electron chi connectivity index (χ3n) is 5.88. The maximum atomic E-state index is 13.7. The van der Waals surface area contributed by atoms with E-state index in [1.165, 1.54) is 12.1 Å². The minimum absolute atomic E-state index is 0.258. The van der Waals surface area contributed by atoms with Crippen molar-refractivity contribution in [3.05, 3.63) is 94.4 Å². The van der Waals surface area contributed by atoms with Gasteiger partial charge < -0.3 is 19.9 Å². The minimum atomic E-state index is -0.403. The fourth-order valence-electron chi connectivity index (χ4n) is 4.41. The van der Waals surface area contributed by atoms with Crippen molar-refractivity contribution in [1.82, 2.24) is 9.88 Å². The predicted octanol–water partition coefficient (Wildman–Crippen LogP) is 6.15. The zero-order valence-electron chi connectivity index (χ0n) is 17.4. The van der Waals surface area contributed by atoms with Crippen LogP contribution in [-0.2, 0) is 6.42 Å². The molecule has 5 rings (SSSR count). The van der Waals surface area contributed by atoms with Crippen molar-refractivity contribution in [2.45, 2.75) is 12.5 Å². The van der Waals surface area contributed by atoms with E-state index in [0.717, 1.165) is 27.7 Å². The molecule has 0 unspecified atom stereocenters. The lowest BCUT2D eigenvalue weighted by Crippen LogP contribution is -2.43. The topological polar surface area (TPSA) is 57.4 Å². The average molecular weight is 450 g/mol. The van der Waals surface area contributed by atoms with Gasteiger partial charge in [0, 0.05) is 28.2 Å². The minimum Gasteiger partial charge on any atom is -0.495 e. The molecule has 0 spiro atoms. The highest BCUT2D eigenvalue weighted by molar-refractivity contribution is 6.31. The number of amides is 2. The molecule has 3 aromatic carbocycles. The van der Waals surface area contributed by atoms with Crippen molar-refractivity contribution in [3.8, 4) is 5.75 Å². The highest BCUT2D eigenvalue weighted by Crippen LogP contribution is 2.39. The van der Waals surface area contributed by atoms with E-state index in [4.69, 9.17) is 16.3 Å². The standard InChI is InChI=1S/C25H21ClFN3O2/c1-32-22-5-3-2-4-21(22)29-25(31)30-13-12-18-19-14-16(26)8-11-20(19)28-23(18)24(30)15-6-9-17(27)10-7-15/h2-11,14,24,28H,12-13H2,1H3,(H,29,31)/t24-/m1/s1. The number of fused-ring (bicyclic) bond motifs is 3. The molecule has 2 heterocycles. The Balaban J connectivity index is 1.58. The molecule has 1 atom stereocenters. The van der Waals surface area contributed by atoms with Crippen LogP contribution in [0.2, 0.25) is 5.02 Å². The number of H-pyrrole nitrogens is 1. The van der Waals surface area contributed by atoms with Crippen LogP contribution in [0.1, 0.15) is 22.9 Å². The summed E-state index contributed by atoms with van der Waals surface area (Å²) in [6, 6.07) is 18.6. The van der Waals surface area contributed by atoms with Crippen molar-refractivity contribution >= 4 is 34.2 Å². The summed E-state index contributed by atoms with van der Waals surface area (Å²) in [4.78, 5) is 18.7. The van der Waals surface area contributed by atoms with E-state index < -0.39 is 6.04 Å². The Morgan fingerprint density at radius 1 is 1.16 bits per heavy atom. The number of carbonyl (C=O) groups is 1. The summed E-state index contributed by atoms with van der Waals surface area (Å²) in [6.45, 7) is 0.496. The first kappa shape index (κ1) is 20.4. The van der Waals surface area contributed by atoms with Crippen LogP contribution < -0.4 is 10.1 Å². The van der Waals surface area contributed by atoms with Crippen molar-refractivity contribution in [2.24, 2.45) is 0 Å². The number of anilines is 1. The number of hydrogen-bond acceptors (Lipinski definition) is 2. The summed E-state index contributed by atoms with van der Waals surface area (Å²) in [5.74, 6) is 0.260. The Morgan fingerprint density at radius 3 is 2.72 bits per heavy atom.